The molecule has 0 atom stereocenters. The number of halogens is 1. The molecule has 1 aromatic rings. The van der Waals surface area contributed by atoms with Crippen LogP contribution in [0.3, 0.4) is 0 Å². The van der Waals surface area contributed by atoms with Gasteiger partial charge < -0.3 is 15.0 Å². The summed E-state index contributed by atoms with van der Waals surface area (Å²) in [6.45, 7) is 5.35. The Morgan fingerprint density at radius 3 is 2.61 bits per heavy atom. The van der Waals surface area contributed by atoms with E-state index < -0.39 is 0 Å². The number of pyridine rings is 1. The molecular formula is C17H26ClN3O2. The van der Waals surface area contributed by atoms with E-state index in [4.69, 9.17) is 4.74 Å². The second kappa shape index (κ2) is 8.50. The van der Waals surface area contributed by atoms with Crippen LogP contribution >= 0.6 is 12.4 Å². The Balaban J connectivity index is 0.00000192. The third-order valence-corrected chi connectivity index (χ3v) is 4.75. The average Bonchev–Trinajstić information content (AvgIpc) is 2.56. The van der Waals surface area contributed by atoms with E-state index in [2.05, 4.69) is 16.4 Å². The van der Waals surface area contributed by atoms with Crippen LogP contribution in [0, 0.1) is 0 Å². The van der Waals surface area contributed by atoms with Gasteiger partial charge in [-0.3, -0.25) is 4.79 Å². The van der Waals surface area contributed by atoms with Gasteiger partial charge in [-0.05, 0) is 50.8 Å². The maximum Gasteiger partial charge on any atom is 0.219 e. The Morgan fingerprint density at radius 1 is 1.26 bits per heavy atom. The van der Waals surface area contributed by atoms with Crippen LogP contribution in [0.4, 0.5) is 0 Å². The van der Waals surface area contributed by atoms with Gasteiger partial charge in [-0.1, -0.05) is 6.07 Å². The molecule has 2 saturated heterocycles. The van der Waals surface area contributed by atoms with Gasteiger partial charge in [0.15, 0.2) is 0 Å². The van der Waals surface area contributed by atoms with Gasteiger partial charge >= 0.3 is 0 Å². The molecule has 0 unspecified atom stereocenters. The molecule has 0 spiro atoms. The number of amides is 1. The van der Waals surface area contributed by atoms with E-state index in [1.54, 1.807) is 6.92 Å². The van der Waals surface area contributed by atoms with E-state index in [1.165, 1.54) is 5.56 Å². The first-order valence-corrected chi connectivity index (χ1v) is 8.32. The first kappa shape index (κ1) is 18.0. The zero-order valence-electron chi connectivity index (χ0n) is 13.7. The molecule has 6 heteroatoms. The highest BCUT2D eigenvalue weighted by Gasteiger charge is 2.26. The molecular weight excluding hydrogens is 314 g/mol. The second-order valence-electron chi connectivity index (χ2n) is 6.25. The van der Waals surface area contributed by atoms with Crippen LogP contribution in [-0.4, -0.2) is 48.1 Å². The number of piperidine rings is 2. The minimum absolute atomic E-state index is 0. The average molecular weight is 340 g/mol. The first-order chi connectivity index (χ1) is 10.7. The lowest BCUT2D eigenvalue weighted by Gasteiger charge is -2.32. The van der Waals surface area contributed by atoms with Gasteiger partial charge in [-0.2, -0.15) is 0 Å². The van der Waals surface area contributed by atoms with Crippen molar-refractivity contribution in [3.8, 4) is 5.88 Å². The molecule has 0 radical (unpaired) electrons. The minimum atomic E-state index is 0. The van der Waals surface area contributed by atoms with Crippen molar-refractivity contribution in [2.75, 3.05) is 26.2 Å². The number of carbonyl (C=O) groups is 1. The summed E-state index contributed by atoms with van der Waals surface area (Å²) in [5.74, 6) is 1.42. The lowest BCUT2D eigenvalue weighted by Crippen LogP contribution is -2.37. The molecule has 3 heterocycles. The van der Waals surface area contributed by atoms with Crippen LogP contribution in [0.1, 0.15) is 44.1 Å². The maximum atomic E-state index is 11.5. The Morgan fingerprint density at radius 2 is 1.96 bits per heavy atom. The topological polar surface area (TPSA) is 54.5 Å². The van der Waals surface area contributed by atoms with Crippen molar-refractivity contribution in [3.63, 3.8) is 0 Å². The smallest absolute Gasteiger partial charge is 0.219 e. The molecule has 0 bridgehead atoms. The summed E-state index contributed by atoms with van der Waals surface area (Å²) in [5.41, 5.74) is 1.21. The van der Waals surface area contributed by atoms with Crippen molar-refractivity contribution in [1.29, 1.82) is 0 Å². The van der Waals surface area contributed by atoms with E-state index in [1.807, 2.05) is 17.2 Å². The predicted molar refractivity (Wildman–Crippen MR) is 92.2 cm³/mol. The third kappa shape index (κ3) is 4.58. The zero-order valence-corrected chi connectivity index (χ0v) is 14.5. The molecule has 23 heavy (non-hydrogen) atoms. The minimum Gasteiger partial charge on any atom is -0.474 e. The molecule has 2 aliphatic rings. The third-order valence-electron chi connectivity index (χ3n) is 4.75. The summed E-state index contributed by atoms with van der Waals surface area (Å²) in [6.07, 6.45) is 6.15. The van der Waals surface area contributed by atoms with Crippen LogP contribution in [0.25, 0.3) is 0 Å². The van der Waals surface area contributed by atoms with Crippen molar-refractivity contribution in [2.45, 2.75) is 44.6 Å². The lowest BCUT2D eigenvalue weighted by atomic mass is 9.90. The lowest BCUT2D eigenvalue weighted by molar-refractivity contribution is -0.129. The molecule has 1 amide bonds. The van der Waals surface area contributed by atoms with Crippen molar-refractivity contribution in [3.05, 3.63) is 23.9 Å². The molecule has 1 N–H and O–H groups in total. The number of nitrogens with one attached hydrogen (secondary N) is 1. The summed E-state index contributed by atoms with van der Waals surface area (Å²) in [5, 5.41) is 3.36. The number of aromatic nitrogens is 1. The van der Waals surface area contributed by atoms with E-state index in [9.17, 15) is 4.79 Å². The summed E-state index contributed by atoms with van der Waals surface area (Å²) in [4.78, 5) is 17.9. The monoisotopic (exact) mass is 339 g/mol. The van der Waals surface area contributed by atoms with E-state index in [-0.39, 0.29) is 24.4 Å². The van der Waals surface area contributed by atoms with Gasteiger partial charge in [0, 0.05) is 31.8 Å². The zero-order chi connectivity index (χ0) is 15.4. The summed E-state index contributed by atoms with van der Waals surface area (Å²) in [7, 11) is 0. The predicted octanol–water partition coefficient (Wildman–Crippen LogP) is 2.36. The molecule has 128 valence electrons. The van der Waals surface area contributed by atoms with Gasteiger partial charge in [0.2, 0.25) is 11.8 Å². The molecule has 0 aliphatic carbocycles. The number of hydrogen-bond donors (Lipinski definition) is 1. The SMILES string of the molecule is CC(=O)N1CCC(c2cccnc2OC2CCNCC2)CC1.Cl. The van der Waals surface area contributed by atoms with Crippen molar-refractivity contribution in [2.24, 2.45) is 0 Å². The fourth-order valence-electron chi connectivity index (χ4n) is 3.39. The van der Waals surface area contributed by atoms with Crippen molar-refractivity contribution >= 4 is 18.3 Å². The fraction of sp³-hybridized carbons (Fsp3) is 0.647. The van der Waals surface area contributed by atoms with Crippen LogP contribution in [-0.2, 0) is 4.79 Å². The van der Waals surface area contributed by atoms with Gasteiger partial charge in [-0.25, -0.2) is 4.98 Å². The molecule has 2 fully saturated rings. The Hall–Kier alpha value is -1.33. The standard InChI is InChI=1S/C17H25N3O2.ClH/c1-13(21)20-11-6-14(7-12-20)16-3-2-8-19-17(16)22-15-4-9-18-10-5-15;/h2-3,8,14-15,18H,4-7,9-12H2,1H3;1H. The number of likely N-dealkylation sites (tertiary alicyclic amines) is 1. The first-order valence-electron chi connectivity index (χ1n) is 8.32. The van der Waals surface area contributed by atoms with Crippen LogP contribution < -0.4 is 10.1 Å². The number of ether oxygens (including phenoxy) is 1. The second-order valence-corrected chi connectivity index (χ2v) is 6.25. The molecule has 1 aromatic heterocycles. The van der Waals surface area contributed by atoms with E-state index >= 15 is 0 Å². The molecule has 5 nitrogen and oxygen atoms in total. The van der Waals surface area contributed by atoms with Gasteiger partial charge in [-0.15, -0.1) is 12.4 Å². The number of rotatable bonds is 3. The molecule has 0 aromatic carbocycles. The Bertz CT molecular complexity index is 512. The number of nitrogens with zero attached hydrogens (tertiary/aromatic N) is 2. The summed E-state index contributed by atoms with van der Waals surface area (Å²) in [6, 6.07) is 4.12. The molecule has 0 saturated carbocycles. The van der Waals surface area contributed by atoms with Crippen molar-refractivity contribution in [1.82, 2.24) is 15.2 Å². The largest absolute Gasteiger partial charge is 0.474 e. The van der Waals surface area contributed by atoms with Gasteiger partial charge in [0.05, 0.1) is 0 Å². The van der Waals surface area contributed by atoms with Gasteiger partial charge in [0.1, 0.15) is 6.10 Å². The van der Waals surface area contributed by atoms with Crippen LogP contribution in [0.15, 0.2) is 18.3 Å². The highest BCUT2D eigenvalue weighted by atomic mass is 35.5. The Labute approximate surface area is 144 Å². The van der Waals surface area contributed by atoms with E-state index in [0.29, 0.717) is 5.92 Å². The fourth-order valence-corrected chi connectivity index (χ4v) is 3.39. The highest BCUT2D eigenvalue weighted by molar-refractivity contribution is 5.85. The quantitative estimate of drug-likeness (QED) is 0.918. The summed E-state index contributed by atoms with van der Waals surface area (Å²) >= 11 is 0. The summed E-state index contributed by atoms with van der Waals surface area (Å²) < 4.78 is 6.18. The Kier molecular flexibility index (Phi) is 6.66. The van der Waals surface area contributed by atoms with Gasteiger partial charge in [0.25, 0.3) is 0 Å². The molecule has 2 aliphatic heterocycles. The number of carbonyl (C=O) groups excluding carboxylic acids is 1. The number of hydrogen-bond acceptors (Lipinski definition) is 4. The van der Waals surface area contributed by atoms with E-state index in [0.717, 1.165) is 57.7 Å². The normalized spacial score (nSPS) is 20.0. The van der Waals surface area contributed by atoms with Crippen LogP contribution in [0.5, 0.6) is 5.88 Å². The highest BCUT2D eigenvalue weighted by Crippen LogP contribution is 2.33. The maximum absolute atomic E-state index is 11.5. The molecule has 3 rings (SSSR count). The van der Waals surface area contributed by atoms with Crippen molar-refractivity contribution < 1.29 is 9.53 Å². The van der Waals surface area contributed by atoms with Crippen LogP contribution in [0.2, 0.25) is 0 Å².